The van der Waals surface area contributed by atoms with E-state index in [4.69, 9.17) is 9.47 Å². The Morgan fingerprint density at radius 3 is 2.21 bits per heavy atom. The van der Waals surface area contributed by atoms with Gasteiger partial charge in [-0.3, -0.25) is 4.79 Å². The highest BCUT2D eigenvalue weighted by atomic mass is 16.5. The third-order valence-electron chi connectivity index (χ3n) is 6.87. The fourth-order valence-corrected chi connectivity index (χ4v) is 4.93. The molecule has 0 radical (unpaired) electrons. The molecule has 2 aliphatic rings. The molecule has 1 saturated carbocycles. The van der Waals surface area contributed by atoms with Gasteiger partial charge in [0.05, 0.1) is 6.61 Å². The van der Waals surface area contributed by atoms with Crippen molar-refractivity contribution in [3.8, 4) is 11.1 Å². The van der Waals surface area contributed by atoms with Gasteiger partial charge >= 0.3 is 12.1 Å². The fourth-order valence-electron chi connectivity index (χ4n) is 4.93. The predicted molar refractivity (Wildman–Crippen MR) is 125 cm³/mol. The van der Waals surface area contributed by atoms with Crippen LogP contribution in [-0.2, 0) is 19.1 Å². The Morgan fingerprint density at radius 2 is 1.68 bits per heavy atom. The molecule has 2 amide bonds. The van der Waals surface area contributed by atoms with E-state index in [0.717, 1.165) is 30.4 Å². The molecule has 0 bridgehead atoms. The van der Waals surface area contributed by atoms with Crippen LogP contribution in [0, 0.1) is 5.41 Å². The Bertz CT molecular complexity index is 1020. The number of hydrogen-bond acceptors (Lipinski definition) is 5. The van der Waals surface area contributed by atoms with Gasteiger partial charge in [-0.2, -0.15) is 0 Å². The van der Waals surface area contributed by atoms with Crippen molar-refractivity contribution < 1.29 is 29.0 Å². The van der Waals surface area contributed by atoms with E-state index >= 15 is 0 Å². The van der Waals surface area contributed by atoms with E-state index in [2.05, 4.69) is 34.9 Å². The van der Waals surface area contributed by atoms with Crippen molar-refractivity contribution in [2.24, 2.45) is 5.41 Å². The van der Waals surface area contributed by atoms with Crippen LogP contribution in [0.2, 0.25) is 0 Å². The van der Waals surface area contributed by atoms with Crippen molar-refractivity contribution in [2.75, 3.05) is 26.9 Å². The monoisotopic (exact) mass is 466 g/mol. The quantitative estimate of drug-likeness (QED) is 0.495. The number of fused-ring (bicyclic) bond motifs is 3. The summed E-state index contributed by atoms with van der Waals surface area (Å²) in [6, 6.07) is 15.2. The van der Waals surface area contributed by atoms with Gasteiger partial charge in [-0.1, -0.05) is 55.0 Å². The van der Waals surface area contributed by atoms with Gasteiger partial charge < -0.3 is 25.2 Å². The van der Waals surface area contributed by atoms with Crippen LogP contribution >= 0.6 is 0 Å². The first kappa shape index (κ1) is 23.8. The summed E-state index contributed by atoms with van der Waals surface area (Å²) in [7, 11) is 1.38. The lowest BCUT2D eigenvalue weighted by atomic mass is 9.66. The maximum atomic E-state index is 12.5. The van der Waals surface area contributed by atoms with Crippen molar-refractivity contribution in [3.63, 3.8) is 0 Å². The van der Waals surface area contributed by atoms with Crippen molar-refractivity contribution in [1.82, 2.24) is 10.6 Å². The fraction of sp³-hybridized carbons (Fsp3) is 0.423. The zero-order chi connectivity index (χ0) is 24.1. The molecule has 0 heterocycles. The second kappa shape index (κ2) is 10.3. The molecule has 4 rings (SSSR count). The summed E-state index contributed by atoms with van der Waals surface area (Å²) in [6.45, 7) is 0.426. The van der Waals surface area contributed by atoms with E-state index in [1.165, 1.54) is 18.2 Å². The molecular weight excluding hydrogens is 436 g/mol. The van der Waals surface area contributed by atoms with Gasteiger partial charge in [-0.05, 0) is 40.5 Å². The highest BCUT2D eigenvalue weighted by Crippen LogP contribution is 2.45. The van der Waals surface area contributed by atoms with E-state index in [9.17, 15) is 19.5 Å². The number of benzene rings is 2. The van der Waals surface area contributed by atoms with Crippen LogP contribution in [0.3, 0.4) is 0 Å². The van der Waals surface area contributed by atoms with Crippen molar-refractivity contribution in [3.05, 3.63) is 59.7 Å². The average molecular weight is 467 g/mol. The minimum Gasteiger partial charge on any atom is -0.480 e. The zero-order valence-corrected chi connectivity index (χ0v) is 19.2. The lowest BCUT2D eigenvalue weighted by Gasteiger charge is -2.41. The second-order valence-corrected chi connectivity index (χ2v) is 9.12. The standard InChI is InChI=1S/C26H30N2O6/c1-33-15-22(24(30)31)28-23(29)13-26(11-6-12-26)16-27-25(32)34-14-21-19-9-4-2-7-17(19)18-8-3-5-10-20(18)21/h2-5,7-10,21-22H,6,11-16H2,1H3,(H,27,32)(H,28,29)(H,30,31). The number of ether oxygens (including phenoxy) is 2. The number of alkyl carbamates (subject to hydrolysis) is 1. The SMILES string of the molecule is COCC(NC(=O)CC1(CNC(=O)OCC2c3ccccc3-c3ccccc32)CCC1)C(=O)O. The van der Waals surface area contributed by atoms with Crippen LogP contribution in [0.1, 0.15) is 42.7 Å². The normalized spacial score (nSPS) is 16.5. The number of nitrogens with one attached hydrogen (secondary N) is 2. The second-order valence-electron chi connectivity index (χ2n) is 9.12. The average Bonchev–Trinajstić information content (AvgIpc) is 3.12. The summed E-state index contributed by atoms with van der Waals surface area (Å²) in [5.41, 5.74) is 4.24. The maximum absolute atomic E-state index is 12.5. The van der Waals surface area contributed by atoms with Crippen LogP contribution in [0.4, 0.5) is 4.79 Å². The number of carbonyl (C=O) groups is 3. The van der Waals surface area contributed by atoms with Gasteiger partial charge in [0.25, 0.3) is 0 Å². The van der Waals surface area contributed by atoms with E-state index in [1.807, 2.05) is 24.3 Å². The molecule has 0 aromatic heterocycles. The first-order valence-electron chi connectivity index (χ1n) is 11.5. The van der Waals surface area contributed by atoms with Crippen molar-refractivity contribution in [1.29, 1.82) is 0 Å². The van der Waals surface area contributed by atoms with Crippen LogP contribution in [0.5, 0.6) is 0 Å². The molecule has 2 aromatic carbocycles. The smallest absolute Gasteiger partial charge is 0.407 e. The minimum absolute atomic E-state index is 0.0182. The molecule has 1 unspecified atom stereocenters. The molecular formula is C26H30N2O6. The Labute approximate surface area is 198 Å². The third kappa shape index (κ3) is 5.07. The number of hydrogen-bond donors (Lipinski definition) is 3. The van der Waals surface area contributed by atoms with Gasteiger partial charge in [0.15, 0.2) is 6.04 Å². The molecule has 1 fully saturated rings. The predicted octanol–water partition coefficient (Wildman–Crippen LogP) is 3.30. The molecule has 2 aromatic rings. The van der Waals surface area contributed by atoms with Gasteiger partial charge in [-0.15, -0.1) is 0 Å². The number of carboxylic acids is 1. The summed E-state index contributed by atoms with van der Waals surface area (Å²) in [5.74, 6) is -1.52. The largest absolute Gasteiger partial charge is 0.480 e. The number of carboxylic acid groups (broad SMARTS) is 1. The maximum Gasteiger partial charge on any atom is 0.407 e. The summed E-state index contributed by atoms with van der Waals surface area (Å²) in [4.78, 5) is 36.2. The molecule has 34 heavy (non-hydrogen) atoms. The first-order valence-corrected chi connectivity index (χ1v) is 11.5. The Morgan fingerprint density at radius 1 is 1.06 bits per heavy atom. The lowest BCUT2D eigenvalue weighted by Crippen LogP contribution is -2.49. The molecule has 0 spiro atoms. The molecule has 1 atom stereocenters. The first-order chi connectivity index (χ1) is 16.4. The lowest BCUT2D eigenvalue weighted by molar-refractivity contribution is -0.144. The van der Waals surface area contributed by atoms with Gasteiger partial charge in [-0.25, -0.2) is 9.59 Å². The summed E-state index contributed by atoms with van der Waals surface area (Å²) in [6.07, 6.45) is 2.15. The van der Waals surface area contributed by atoms with E-state index in [-0.39, 0.29) is 36.9 Å². The Hall–Kier alpha value is -3.39. The Kier molecular flexibility index (Phi) is 7.17. The van der Waals surface area contributed by atoms with Crippen LogP contribution in [0.15, 0.2) is 48.5 Å². The van der Waals surface area contributed by atoms with Crippen LogP contribution < -0.4 is 10.6 Å². The Balaban J connectivity index is 1.31. The molecule has 3 N–H and O–H groups in total. The number of amides is 2. The summed E-state index contributed by atoms with van der Waals surface area (Å²) >= 11 is 0. The molecule has 8 heteroatoms. The molecule has 8 nitrogen and oxygen atoms in total. The topological polar surface area (TPSA) is 114 Å². The van der Waals surface area contributed by atoms with Crippen LogP contribution in [-0.4, -0.2) is 56.0 Å². The third-order valence-corrected chi connectivity index (χ3v) is 6.87. The molecule has 0 aliphatic heterocycles. The minimum atomic E-state index is -1.14. The van der Waals surface area contributed by atoms with Crippen LogP contribution in [0.25, 0.3) is 11.1 Å². The van der Waals surface area contributed by atoms with Gasteiger partial charge in [0, 0.05) is 26.0 Å². The summed E-state index contributed by atoms with van der Waals surface area (Å²) in [5, 5.41) is 14.5. The van der Waals surface area contributed by atoms with Gasteiger partial charge in [0.1, 0.15) is 6.61 Å². The van der Waals surface area contributed by atoms with Crippen molar-refractivity contribution in [2.45, 2.75) is 37.6 Å². The van der Waals surface area contributed by atoms with E-state index in [0.29, 0.717) is 6.54 Å². The molecule has 180 valence electrons. The van der Waals surface area contributed by atoms with Gasteiger partial charge in [0.2, 0.25) is 5.91 Å². The number of methoxy groups -OCH3 is 1. The molecule has 2 aliphatic carbocycles. The van der Waals surface area contributed by atoms with E-state index in [1.54, 1.807) is 0 Å². The van der Waals surface area contributed by atoms with Crippen molar-refractivity contribution >= 4 is 18.0 Å². The highest BCUT2D eigenvalue weighted by molar-refractivity contribution is 5.84. The molecule has 0 saturated heterocycles. The zero-order valence-electron chi connectivity index (χ0n) is 19.2. The number of rotatable bonds is 10. The van der Waals surface area contributed by atoms with E-state index < -0.39 is 18.1 Å². The summed E-state index contributed by atoms with van der Waals surface area (Å²) < 4.78 is 10.5. The number of carbonyl (C=O) groups excluding carboxylic acids is 2. The highest BCUT2D eigenvalue weighted by Gasteiger charge is 2.40. The number of aliphatic carboxylic acids is 1.